The minimum atomic E-state index is -3.78. The second kappa shape index (κ2) is 6.19. The van der Waals surface area contributed by atoms with Crippen molar-refractivity contribution in [1.29, 1.82) is 0 Å². The first kappa shape index (κ1) is 15.4. The van der Waals surface area contributed by atoms with Gasteiger partial charge in [0, 0.05) is 11.3 Å². The van der Waals surface area contributed by atoms with E-state index in [9.17, 15) is 13.2 Å². The number of hydrogen-bond donors (Lipinski definition) is 2. The van der Waals surface area contributed by atoms with E-state index in [0.29, 0.717) is 5.25 Å². The lowest BCUT2D eigenvalue weighted by Crippen LogP contribution is -2.33. The molecule has 2 unspecified atom stereocenters. The fourth-order valence-corrected chi connectivity index (χ4v) is 4.65. The number of carboxylic acid groups (broad SMARTS) is 1. The van der Waals surface area contributed by atoms with Crippen LogP contribution in [0.2, 0.25) is 0 Å². The summed E-state index contributed by atoms with van der Waals surface area (Å²) in [5, 5.41) is 8.87. The van der Waals surface area contributed by atoms with Gasteiger partial charge in [-0.3, -0.25) is 0 Å². The van der Waals surface area contributed by atoms with Crippen molar-refractivity contribution in [1.82, 2.24) is 4.72 Å². The molecule has 1 aromatic rings. The van der Waals surface area contributed by atoms with Gasteiger partial charge in [-0.1, -0.05) is 6.92 Å². The number of carboxylic acids is 1. The highest BCUT2D eigenvalue weighted by Gasteiger charge is 2.30. The first-order valence-corrected chi connectivity index (χ1v) is 8.92. The molecule has 0 aliphatic heterocycles. The Bertz CT molecular complexity index is 580. The SMILES string of the molecule is CCSC1CCC(NS(=O)(=O)c2ccc(C(=O)O)o2)C1. The second-order valence-electron chi connectivity index (χ2n) is 4.63. The zero-order chi connectivity index (χ0) is 14.8. The molecule has 2 N–H and O–H groups in total. The molecule has 112 valence electrons. The van der Waals surface area contributed by atoms with Crippen molar-refractivity contribution in [2.24, 2.45) is 0 Å². The molecule has 0 aromatic carbocycles. The van der Waals surface area contributed by atoms with Gasteiger partial charge in [0.1, 0.15) is 0 Å². The van der Waals surface area contributed by atoms with Crippen LogP contribution in [0.15, 0.2) is 21.6 Å². The van der Waals surface area contributed by atoms with E-state index < -0.39 is 16.0 Å². The summed E-state index contributed by atoms with van der Waals surface area (Å²) in [7, 11) is -3.78. The second-order valence-corrected chi connectivity index (χ2v) is 7.85. The van der Waals surface area contributed by atoms with E-state index in [1.165, 1.54) is 6.07 Å². The van der Waals surface area contributed by atoms with Crippen LogP contribution in [-0.2, 0) is 10.0 Å². The van der Waals surface area contributed by atoms with E-state index in [1.807, 2.05) is 11.8 Å². The summed E-state index contributed by atoms with van der Waals surface area (Å²) in [6, 6.07) is 2.20. The maximum absolute atomic E-state index is 12.1. The standard InChI is InChI=1S/C12H17NO5S2/c1-2-19-9-4-3-8(7-9)13-20(16,17)11-6-5-10(18-11)12(14)15/h5-6,8-9,13H,2-4,7H2,1H3,(H,14,15). The number of rotatable bonds is 6. The Morgan fingerprint density at radius 2 is 2.25 bits per heavy atom. The van der Waals surface area contributed by atoms with Gasteiger partial charge < -0.3 is 9.52 Å². The lowest BCUT2D eigenvalue weighted by Gasteiger charge is -2.12. The Hall–Kier alpha value is -0.990. The van der Waals surface area contributed by atoms with Gasteiger partial charge in [-0.2, -0.15) is 11.8 Å². The van der Waals surface area contributed by atoms with Gasteiger partial charge in [0.2, 0.25) is 10.9 Å². The van der Waals surface area contributed by atoms with Gasteiger partial charge in [0.25, 0.3) is 10.0 Å². The fraction of sp³-hybridized carbons (Fsp3) is 0.583. The molecule has 1 heterocycles. The molecule has 6 nitrogen and oxygen atoms in total. The van der Waals surface area contributed by atoms with Crippen LogP contribution in [0.3, 0.4) is 0 Å². The van der Waals surface area contributed by atoms with E-state index in [1.54, 1.807) is 0 Å². The monoisotopic (exact) mass is 319 g/mol. The lowest BCUT2D eigenvalue weighted by atomic mass is 10.3. The molecule has 20 heavy (non-hydrogen) atoms. The molecule has 1 saturated carbocycles. The third-order valence-electron chi connectivity index (χ3n) is 3.17. The zero-order valence-electron chi connectivity index (χ0n) is 11.0. The fourth-order valence-electron chi connectivity index (χ4n) is 2.29. The maximum atomic E-state index is 12.1. The summed E-state index contributed by atoms with van der Waals surface area (Å²) >= 11 is 1.84. The molecule has 1 aliphatic carbocycles. The Balaban J connectivity index is 2.02. The minimum absolute atomic E-state index is 0.109. The molecule has 1 aliphatic rings. The van der Waals surface area contributed by atoms with Crippen molar-refractivity contribution in [3.63, 3.8) is 0 Å². The van der Waals surface area contributed by atoms with Gasteiger partial charge >= 0.3 is 5.97 Å². The van der Waals surface area contributed by atoms with Crippen molar-refractivity contribution in [2.45, 2.75) is 42.6 Å². The molecule has 0 spiro atoms. The molecule has 8 heteroatoms. The highest BCUT2D eigenvalue weighted by atomic mass is 32.2. The average molecular weight is 319 g/mol. The molecular formula is C12H17NO5S2. The number of aromatic carboxylic acids is 1. The number of sulfonamides is 1. The molecule has 0 saturated heterocycles. The van der Waals surface area contributed by atoms with Crippen LogP contribution < -0.4 is 4.72 Å². The highest BCUT2D eigenvalue weighted by Crippen LogP contribution is 2.30. The van der Waals surface area contributed by atoms with Gasteiger partial charge in [-0.25, -0.2) is 17.9 Å². The number of hydrogen-bond acceptors (Lipinski definition) is 5. The van der Waals surface area contributed by atoms with E-state index in [0.717, 1.165) is 31.1 Å². The number of furan rings is 1. The predicted molar refractivity (Wildman–Crippen MR) is 75.5 cm³/mol. The smallest absolute Gasteiger partial charge is 0.371 e. The maximum Gasteiger partial charge on any atom is 0.371 e. The van der Waals surface area contributed by atoms with Crippen molar-refractivity contribution >= 4 is 27.8 Å². The molecule has 1 aromatic heterocycles. The van der Waals surface area contributed by atoms with Gasteiger partial charge in [0.15, 0.2) is 0 Å². The molecule has 1 fully saturated rings. The van der Waals surface area contributed by atoms with Crippen LogP contribution in [0.4, 0.5) is 0 Å². The lowest BCUT2D eigenvalue weighted by molar-refractivity contribution is 0.0656. The van der Waals surface area contributed by atoms with Crippen LogP contribution in [0.25, 0.3) is 0 Å². The average Bonchev–Trinajstić information content (AvgIpc) is 2.98. The van der Waals surface area contributed by atoms with Gasteiger partial charge in [0.05, 0.1) is 0 Å². The summed E-state index contributed by atoms with van der Waals surface area (Å²) < 4.78 is 31.6. The quantitative estimate of drug-likeness (QED) is 0.831. The molecule has 0 radical (unpaired) electrons. The van der Waals surface area contributed by atoms with Crippen molar-refractivity contribution in [3.8, 4) is 0 Å². The number of carbonyl (C=O) groups is 1. The largest absolute Gasteiger partial charge is 0.475 e. The third-order valence-corrected chi connectivity index (χ3v) is 5.79. The topological polar surface area (TPSA) is 96.6 Å². The summed E-state index contributed by atoms with van der Waals surface area (Å²) in [6.45, 7) is 2.08. The van der Waals surface area contributed by atoms with E-state index in [2.05, 4.69) is 11.6 Å². The van der Waals surface area contributed by atoms with Gasteiger partial charge in [-0.15, -0.1) is 0 Å². The first-order chi connectivity index (χ1) is 9.42. The van der Waals surface area contributed by atoms with Crippen molar-refractivity contribution in [3.05, 3.63) is 17.9 Å². The zero-order valence-corrected chi connectivity index (χ0v) is 12.7. The molecule has 0 bridgehead atoms. The summed E-state index contributed by atoms with van der Waals surface area (Å²) in [6.07, 6.45) is 2.58. The number of nitrogens with one attached hydrogen (secondary N) is 1. The Morgan fingerprint density at radius 3 is 2.85 bits per heavy atom. The molecule has 2 atom stereocenters. The van der Waals surface area contributed by atoms with Crippen LogP contribution in [-0.4, -0.2) is 36.5 Å². The molecule has 2 rings (SSSR count). The Morgan fingerprint density at radius 1 is 1.50 bits per heavy atom. The highest BCUT2D eigenvalue weighted by molar-refractivity contribution is 7.99. The van der Waals surface area contributed by atoms with Crippen LogP contribution >= 0.6 is 11.8 Å². The van der Waals surface area contributed by atoms with Crippen LogP contribution in [0, 0.1) is 0 Å². The third kappa shape index (κ3) is 3.56. The molecular weight excluding hydrogens is 302 g/mol. The Labute approximate surface area is 122 Å². The molecule has 0 amide bonds. The van der Waals surface area contributed by atoms with Crippen molar-refractivity contribution in [2.75, 3.05) is 5.75 Å². The van der Waals surface area contributed by atoms with Crippen LogP contribution in [0.5, 0.6) is 0 Å². The van der Waals surface area contributed by atoms with Gasteiger partial charge in [-0.05, 0) is 37.1 Å². The predicted octanol–water partition coefficient (Wildman–Crippen LogP) is 1.93. The first-order valence-electron chi connectivity index (χ1n) is 6.39. The number of thioether (sulfide) groups is 1. The summed E-state index contributed by atoms with van der Waals surface area (Å²) in [5.74, 6) is -0.646. The van der Waals surface area contributed by atoms with E-state index in [4.69, 9.17) is 9.52 Å². The van der Waals surface area contributed by atoms with Crippen molar-refractivity contribution < 1.29 is 22.7 Å². The Kier molecular flexibility index (Phi) is 4.77. The summed E-state index contributed by atoms with van der Waals surface area (Å²) in [5.41, 5.74) is 0. The summed E-state index contributed by atoms with van der Waals surface area (Å²) in [4.78, 5) is 10.7. The van der Waals surface area contributed by atoms with Crippen LogP contribution in [0.1, 0.15) is 36.7 Å². The minimum Gasteiger partial charge on any atom is -0.475 e. The van der Waals surface area contributed by atoms with E-state index in [-0.39, 0.29) is 16.9 Å². The van der Waals surface area contributed by atoms with E-state index >= 15 is 0 Å². The normalized spacial score (nSPS) is 23.1.